The second kappa shape index (κ2) is 7.13. The predicted octanol–water partition coefficient (Wildman–Crippen LogP) is 4.33. The lowest BCUT2D eigenvalue weighted by Crippen LogP contribution is -2.70. The molecule has 2 fully saturated rings. The second-order valence-electron chi connectivity index (χ2n) is 9.37. The molecule has 0 radical (unpaired) electrons. The summed E-state index contributed by atoms with van der Waals surface area (Å²) in [6, 6.07) is 9.73. The molecule has 9 heteroatoms. The van der Waals surface area contributed by atoms with Gasteiger partial charge in [-0.1, -0.05) is 18.1 Å². The lowest BCUT2D eigenvalue weighted by molar-refractivity contribution is -0.111. The Hall–Kier alpha value is -3.75. The Bertz CT molecular complexity index is 1380. The maximum Gasteiger partial charge on any atom is 0.323 e. The Kier molecular flexibility index (Phi) is 4.30. The number of hydrogen-bond acceptors (Lipinski definition) is 6. The summed E-state index contributed by atoms with van der Waals surface area (Å²) in [4.78, 5) is 24.4. The molecule has 6 rings (SSSR count). The molecule has 33 heavy (non-hydrogen) atoms. The van der Waals surface area contributed by atoms with Crippen LogP contribution in [0.2, 0.25) is 0 Å². The Labute approximate surface area is 190 Å². The largest absolute Gasteiger partial charge is 0.337 e. The van der Waals surface area contributed by atoms with Gasteiger partial charge in [-0.25, -0.2) is 14.3 Å². The van der Waals surface area contributed by atoms with Gasteiger partial charge < -0.3 is 14.7 Å². The molecule has 1 aliphatic heterocycles. The van der Waals surface area contributed by atoms with Crippen LogP contribution in [0.4, 0.5) is 10.5 Å². The molecule has 168 valence electrons. The maximum atomic E-state index is 13.5. The van der Waals surface area contributed by atoms with Crippen LogP contribution in [-0.2, 0) is 5.54 Å². The fourth-order valence-corrected chi connectivity index (χ4v) is 5.52. The van der Waals surface area contributed by atoms with Gasteiger partial charge >= 0.3 is 6.03 Å². The van der Waals surface area contributed by atoms with Crippen LogP contribution >= 0.6 is 0 Å². The monoisotopic (exact) mass is 443 g/mol. The molecule has 1 aliphatic carbocycles. The third kappa shape index (κ3) is 3.10. The molecular formula is C24H25N7O2. The van der Waals surface area contributed by atoms with Gasteiger partial charge in [0.2, 0.25) is 0 Å². The van der Waals surface area contributed by atoms with Crippen molar-refractivity contribution in [2.24, 2.45) is 5.92 Å². The van der Waals surface area contributed by atoms with Crippen LogP contribution in [0.5, 0.6) is 0 Å². The number of carbonyl (C=O) groups excluding carboxylic acids is 1. The second-order valence-corrected chi connectivity index (χ2v) is 9.37. The smallest absolute Gasteiger partial charge is 0.323 e. The first-order chi connectivity index (χ1) is 15.9. The summed E-state index contributed by atoms with van der Waals surface area (Å²) in [7, 11) is 0. The van der Waals surface area contributed by atoms with E-state index in [9.17, 15) is 4.79 Å². The van der Waals surface area contributed by atoms with Crippen LogP contribution in [0, 0.1) is 19.8 Å². The van der Waals surface area contributed by atoms with Gasteiger partial charge in [-0.3, -0.25) is 0 Å². The zero-order chi connectivity index (χ0) is 22.7. The molecule has 9 nitrogen and oxygen atoms in total. The van der Waals surface area contributed by atoms with Gasteiger partial charge in [0.1, 0.15) is 5.54 Å². The van der Waals surface area contributed by atoms with Crippen molar-refractivity contribution in [3.8, 4) is 11.4 Å². The molecule has 1 aromatic carbocycles. The van der Waals surface area contributed by atoms with Gasteiger partial charge in [0.05, 0.1) is 11.7 Å². The molecule has 2 bridgehead atoms. The highest BCUT2D eigenvalue weighted by molar-refractivity contribution is 5.92. The number of carbonyl (C=O) groups is 1. The number of nitrogens with zero attached hydrogens (tertiary/aromatic N) is 6. The van der Waals surface area contributed by atoms with Crippen LogP contribution in [0.1, 0.15) is 43.5 Å². The van der Waals surface area contributed by atoms with Crippen LogP contribution in [-0.4, -0.2) is 41.7 Å². The number of anilines is 1. The lowest BCUT2D eigenvalue weighted by Gasteiger charge is -2.61. The molecule has 0 unspecified atom stereocenters. The van der Waals surface area contributed by atoms with Crippen molar-refractivity contribution in [3.63, 3.8) is 0 Å². The highest BCUT2D eigenvalue weighted by Gasteiger charge is 2.62. The summed E-state index contributed by atoms with van der Waals surface area (Å²) in [5.41, 5.74) is 3.02. The average Bonchev–Trinajstić information content (AvgIpc) is 3.43. The molecule has 0 spiro atoms. The van der Waals surface area contributed by atoms with E-state index in [2.05, 4.69) is 32.5 Å². The van der Waals surface area contributed by atoms with Crippen molar-refractivity contribution in [2.45, 2.75) is 51.6 Å². The first-order valence-electron chi connectivity index (χ1n) is 11.3. The minimum absolute atomic E-state index is 0.148. The van der Waals surface area contributed by atoms with Gasteiger partial charge in [0.25, 0.3) is 5.89 Å². The minimum Gasteiger partial charge on any atom is -0.337 e. The van der Waals surface area contributed by atoms with Crippen molar-refractivity contribution in [1.29, 1.82) is 0 Å². The van der Waals surface area contributed by atoms with Crippen LogP contribution in [0.25, 0.3) is 16.9 Å². The average molecular weight is 444 g/mol. The minimum atomic E-state index is -0.524. The first-order valence-corrected chi connectivity index (χ1v) is 11.3. The maximum absolute atomic E-state index is 13.5. The Morgan fingerprint density at radius 2 is 2.12 bits per heavy atom. The molecule has 3 atom stereocenters. The zero-order valence-corrected chi connectivity index (χ0v) is 18.8. The Morgan fingerprint density at radius 1 is 1.24 bits per heavy atom. The number of likely N-dealkylation sites (tertiary alicyclic amines) is 1. The van der Waals surface area contributed by atoms with Gasteiger partial charge in [0, 0.05) is 29.9 Å². The van der Waals surface area contributed by atoms with Crippen molar-refractivity contribution in [2.75, 3.05) is 5.32 Å². The van der Waals surface area contributed by atoms with Crippen molar-refractivity contribution >= 4 is 17.2 Å². The van der Waals surface area contributed by atoms with Crippen LogP contribution < -0.4 is 5.32 Å². The number of nitrogens with one attached hydrogen (secondary N) is 1. The van der Waals surface area contributed by atoms with Crippen molar-refractivity contribution in [1.82, 2.24) is 29.6 Å². The first kappa shape index (κ1) is 19.9. The SMILES string of the molecule is Cc1noc([C@@]23C[C@H](C)C[C@@H](C2)N3C(=O)Nc2ccc(C)c(-c3ncc4cccn4n3)c2)n1. The van der Waals surface area contributed by atoms with Crippen LogP contribution in [0.3, 0.4) is 0 Å². The van der Waals surface area contributed by atoms with Gasteiger partial charge in [-0.05, 0) is 62.4 Å². The quantitative estimate of drug-likeness (QED) is 0.506. The Balaban J connectivity index is 1.30. The fraction of sp³-hybridized carbons (Fsp3) is 0.375. The zero-order valence-electron chi connectivity index (χ0n) is 18.8. The molecule has 3 aromatic heterocycles. The topological polar surface area (TPSA) is 101 Å². The number of benzene rings is 1. The summed E-state index contributed by atoms with van der Waals surface area (Å²) in [6.07, 6.45) is 6.35. The number of aryl methyl sites for hydroxylation is 2. The van der Waals surface area contributed by atoms with Gasteiger partial charge in [-0.2, -0.15) is 4.98 Å². The van der Waals surface area contributed by atoms with E-state index in [1.165, 1.54) is 0 Å². The number of piperidine rings is 1. The van der Waals surface area contributed by atoms with E-state index in [0.717, 1.165) is 35.9 Å². The van der Waals surface area contributed by atoms with E-state index >= 15 is 0 Å². The molecule has 2 aliphatic rings. The number of fused-ring (bicyclic) bond motifs is 3. The molecular weight excluding hydrogens is 418 g/mol. The van der Waals surface area contributed by atoms with Gasteiger partial charge in [-0.15, -0.1) is 5.10 Å². The summed E-state index contributed by atoms with van der Waals surface area (Å²) in [6.45, 7) is 6.03. The number of amides is 2. The summed E-state index contributed by atoms with van der Waals surface area (Å²) < 4.78 is 7.34. The van der Waals surface area contributed by atoms with Crippen molar-refractivity contribution < 1.29 is 9.32 Å². The van der Waals surface area contributed by atoms with Gasteiger partial charge in [0.15, 0.2) is 11.6 Å². The molecule has 4 aromatic rings. The van der Waals surface area contributed by atoms with E-state index in [1.807, 2.05) is 48.4 Å². The Morgan fingerprint density at radius 3 is 2.94 bits per heavy atom. The molecule has 2 amide bonds. The number of hydrogen-bond donors (Lipinski definition) is 1. The normalized spacial score (nSPS) is 24.0. The number of urea groups is 1. The summed E-state index contributed by atoms with van der Waals surface area (Å²) in [5.74, 6) is 2.23. The highest BCUT2D eigenvalue weighted by Crippen LogP contribution is 2.55. The fourth-order valence-electron chi connectivity index (χ4n) is 5.52. The highest BCUT2D eigenvalue weighted by atomic mass is 16.5. The summed E-state index contributed by atoms with van der Waals surface area (Å²) >= 11 is 0. The molecule has 1 N–H and O–H groups in total. The summed E-state index contributed by atoms with van der Waals surface area (Å²) in [5, 5.41) is 11.7. The molecule has 1 saturated carbocycles. The third-order valence-corrected chi connectivity index (χ3v) is 6.91. The predicted molar refractivity (Wildman–Crippen MR) is 122 cm³/mol. The van der Waals surface area contributed by atoms with E-state index in [4.69, 9.17) is 4.52 Å². The number of aromatic nitrogens is 5. The number of rotatable bonds is 3. The van der Waals surface area contributed by atoms with Crippen LogP contribution in [0.15, 0.2) is 47.2 Å². The van der Waals surface area contributed by atoms with E-state index in [-0.39, 0.29) is 12.1 Å². The lowest BCUT2D eigenvalue weighted by atomic mass is 9.64. The van der Waals surface area contributed by atoms with E-state index in [1.54, 1.807) is 17.6 Å². The molecule has 4 heterocycles. The van der Waals surface area contributed by atoms with E-state index < -0.39 is 5.54 Å². The molecule has 1 saturated heterocycles. The van der Waals surface area contributed by atoms with E-state index in [0.29, 0.717) is 29.1 Å². The van der Waals surface area contributed by atoms with Crippen molar-refractivity contribution in [3.05, 3.63) is 60.0 Å². The third-order valence-electron chi connectivity index (χ3n) is 6.91. The standard InChI is InChI=1S/C24H25N7O2/c1-14-9-19-12-24(11-14,22-26-16(3)29-33-22)31(19)23(32)27-17-7-6-15(2)20(10-17)21-25-13-18-5-4-8-30(18)28-21/h4-8,10,13-14,19H,9,11-12H2,1-3H3,(H,27,32)/t14-,19+,24-/m1/s1.